The summed E-state index contributed by atoms with van der Waals surface area (Å²) in [6.07, 6.45) is 7.45. The number of nitrogens with one attached hydrogen (secondary N) is 1. The zero-order chi connectivity index (χ0) is 11.4. The average molecular weight is 281 g/mol. The Morgan fingerprint density at radius 3 is 3.06 bits per heavy atom. The van der Waals surface area contributed by atoms with E-state index in [9.17, 15) is 0 Å². The molecule has 0 amide bonds. The van der Waals surface area contributed by atoms with E-state index in [1.54, 1.807) is 6.20 Å². The summed E-state index contributed by atoms with van der Waals surface area (Å²) in [5, 5.41) is 3.10. The molecule has 0 spiro atoms. The molecule has 0 fully saturated rings. The molecule has 2 rings (SSSR count). The number of aromatic nitrogens is 3. The molecule has 0 aliphatic carbocycles. The van der Waals surface area contributed by atoms with Gasteiger partial charge in [-0.2, -0.15) is 0 Å². The van der Waals surface area contributed by atoms with E-state index < -0.39 is 0 Å². The molecule has 16 heavy (non-hydrogen) atoms. The molecule has 0 unspecified atom stereocenters. The summed E-state index contributed by atoms with van der Waals surface area (Å²) in [4.78, 5) is 8.44. The number of pyridine rings is 1. The van der Waals surface area contributed by atoms with E-state index in [0.29, 0.717) is 0 Å². The second-order valence-corrected chi connectivity index (χ2v) is 4.43. The van der Waals surface area contributed by atoms with Gasteiger partial charge in [0, 0.05) is 29.3 Å². The molecule has 0 bridgehead atoms. The molecule has 1 N–H and O–H groups in total. The Hall–Kier alpha value is -1.20. The zero-order valence-electron chi connectivity index (χ0n) is 9.02. The second-order valence-electron chi connectivity index (χ2n) is 3.51. The van der Waals surface area contributed by atoms with Gasteiger partial charge in [0.2, 0.25) is 0 Å². The SMILES string of the molecule is CNCc1nccn1Cc1cncc(Br)c1. The molecule has 0 atom stereocenters. The third-order valence-corrected chi connectivity index (χ3v) is 2.68. The Morgan fingerprint density at radius 1 is 1.44 bits per heavy atom. The maximum atomic E-state index is 4.29. The predicted molar refractivity (Wildman–Crippen MR) is 66.0 cm³/mol. The van der Waals surface area contributed by atoms with Crippen LogP contribution in [0.5, 0.6) is 0 Å². The van der Waals surface area contributed by atoms with Crippen LogP contribution < -0.4 is 5.32 Å². The third-order valence-electron chi connectivity index (χ3n) is 2.25. The van der Waals surface area contributed by atoms with E-state index in [-0.39, 0.29) is 0 Å². The Bertz CT molecular complexity index is 467. The Kier molecular flexibility index (Phi) is 3.69. The second kappa shape index (κ2) is 5.23. The molecule has 0 saturated heterocycles. The maximum Gasteiger partial charge on any atom is 0.122 e. The van der Waals surface area contributed by atoms with Gasteiger partial charge in [0.25, 0.3) is 0 Å². The minimum absolute atomic E-state index is 0.772. The van der Waals surface area contributed by atoms with E-state index >= 15 is 0 Å². The quantitative estimate of drug-likeness (QED) is 0.929. The highest BCUT2D eigenvalue weighted by Gasteiger charge is 2.02. The fourth-order valence-electron chi connectivity index (χ4n) is 1.55. The van der Waals surface area contributed by atoms with E-state index in [4.69, 9.17) is 0 Å². The summed E-state index contributed by atoms with van der Waals surface area (Å²) in [5.74, 6) is 1.03. The monoisotopic (exact) mass is 280 g/mol. The van der Waals surface area contributed by atoms with Crippen LogP contribution in [0.2, 0.25) is 0 Å². The lowest BCUT2D eigenvalue weighted by atomic mass is 10.3. The first-order chi connectivity index (χ1) is 7.79. The van der Waals surface area contributed by atoms with Crippen molar-refractivity contribution < 1.29 is 0 Å². The van der Waals surface area contributed by atoms with Crippen LogP contribution >= 0.6 is 15.9 Å². The lowest BCUT2D eigenvalue weighted by Crippen LogP contribution is -2.12. The fraction of sp³-hybridized carbons (Fsp3) is 0.273. The van der Waals surface area contributed by atoms with Crippen LogP contribution in [0.25, 0.3) is 0 Å². The molecule has 0 saturated carbocycles. The summed E-state index contributed by atoms with van der Waals surface area (Å²) < 4.78 is 3.11. The first-order valence-corrected chi connectivity index (χ1v) is 5.83. The number of hydrogen-bond donors (Lipinski definition) is 1. The Balaban J connectivity index is 2.17. The molecule has 0 aliphatic heterocycles. The van der Waals surface area contributed by atoms with E-state index in [1.807, 2.05) is 25.6 Å². The first-order valence-electron chi connectivity index (χ1n) is 5.03. The molecule has 0 aliphatic rings. The zero-order valence-corrected chi connectivity index (χ0v) is 10.6. The van der Waals surface area contributed by atoms with Gasteiger partial charge in [0.05, 0.1) is 13.1 Å². The van der Waals surface area contributed by atoms with Crippen LogP contribution in [0.3, 0.4) is 0 Å². The highest BCUT2D eigenvalue weighted by Crippen LogP contribution is 2.11. The van der Waals surface area contributed by atoms with Crippen molar-refractivity contribution in [1.29, 1.82) is 0 Å². The summed E-state index contributed by atoms with van der Waals surface area (Å²) in [6, 6.07) is 2.07. The van der Waals surface area contributed by atoms with Gasteiger partial charge in [-0.1, -0.05) is 0 Å². The van der Waals surface area contributed by atoms with Gasteiger partial charge >= 0.3 is 0 Å². The van der Waals surface area contributed by atoms with Crippen LogP contribution in [0, 0.1) is 0 Å². The highest BCUT2D eigenvalue weighted by atomic mass is 79.9. The van der Waals surface area contributed by atoms with Crippen molar-refractivity contribution in [2.45, 2.75) is 13.1 Å². The Morgan fingerprint density at radius 2 is 2.31 bits per heavy atom. The van der Waals surface area contributed by atoms with Crippen molar-refractivity contribution in [1.82, 2.24) is 19.9 Å². The molecule has 0 aromatic carbocycles. The largest absolute Gasteiger partial charge is 0.329 e. The Labute approximate surface area is 103 Å². The lowest BCUT2D eigenvalue weighted by Gasteiger charge is -2.07. The van der Waals surface area contributed by atoms with Crippen molar-refractivity contribution in [3.8, 4) is 0 Å². The summed E-state index contributed by atoms with van der Waals surface area (Å²) in [6.45, 7) is 1.57. The van der Waals surface area contributed by atoms with Crippen molar-refractivity contribution in [3.63, 3.8) is 0 Å². The highest BCUT2D eigenvalue weighted by molar-refractivity contribution is 9.10. The van der Waals surface area contributed by atoms with Crippen LogP contribution in [0.4, 0.5) is 0 Å². The molecular formula is C11H13BrN4. The molecule has 4 nitrogen and oxygen atoms in total. The van der Waals surface area contributed by atoms with Crippen molar-refractivity contribution >= 4 is 15.9 Å². The molecule has 2 aromatic rings. The summed E-state index contributed by atoms with van der Waals surface area (Å²) in [7, 11) is 1.92. The topological polar surface area (TPSA) is 42.7 Å². The normalized spacial score (nSPS) is 10.6. The number of imidazole rings is 1. The maximum absolute atomic E-state index is 4.29. The van der Waals surface area contributed by atoms with Gasteiger partial charge in [-0.05, 0) is 34.6 Å². The number of halogens is 1. The standard InChI is InChI=1S/C11H13BrN4/c1-13-7-11-15-2-3-16(11)8-9-4-10(12)6-14-5-9/h2-6,13H,7-8H2,1H3. The van der Waals surface area contributed by atoms with Gasteiger partial charge in [-0.15, -0.1) is 0 Å². The van der Waals surface area contributed by atoms with Crippen LogP contribution in [-0.4, -0.2) is 21.6 Å². The molecule has 2 heterocycles. The molecule has 0 radical (unpaired) electrons. The van der Waals surface area contributed by atoms with Crippen molar-refractivity contribution in [3.05, 3.63) is 46.7 Å². The minimum Gasteiger partial charge on any atom is -0.329 e. The number of nitrogens with zero attached hydrogens (tertiary/aromatic N) is 3. The number of hydrogen-bond acceptors (Lipinski definition) is 3. The molecule has 5 heteroatoms. The van der Waals surface area contributed by atoms with E-state index in [1.165, 1.54) is 0 Å². The van der Waals surface area contributed by atoms with Gasteiger partial charge in [-0.25, -0.2) is 4.98 Å². The minimum atomic E-state index is 0.772. The van der Waals surface area contributed by atoms with Crippen LogP contribution in [0.1, 0.15) is 11.4 Å². The van der Waals surface area contributed by atoms with Gasteiger partial charge < -0.3 is 9.88 Å². The lowest BCUT2D eigenvalue weighted by molar-refractivity contribution is 0.672. The van der Waals surface area contributed by atoms with Gasteiger partial charge in [-0.3, -0.25) is 4.98 Å². The number of rotatable bonds is 4. The average Bonchev–Trinajstić information content (AvgIpc) is 2.66. The molecular weight excluding hydrogens is 268 g/mol. The molecule has 84 valence electrons. The fourth-order valence-corrected chi connectivity index (χ4v) is 1.96. The van der Waals surface area contributed by atoms with E-state index in [0.717, 1.165) is 29.0 Å². The van der Waals surface area contributed by atoms with Crippen molar-refractivity contribution in [2.24, 2.45) is 0 Å². The summed E-state index contributed by atoms with van der Waals surface area (Å²) in [5.41, 5.74) is 1.16. The van der Waals surface area contributed by atoms with Crippen molar-refractivity contribution in [2.75, 3.05) is 7.05 Å². The van der Waals surface area contributed by atoms with E-state index in [2.05, 4.69) is 41.8 Å². The third kappa shape index (κ3) is 2.68. The first kappa shape index (κ1) is 11.3. The van der Waals surface area contributed by atoms with Gasteiger partial charge in [0.15, 0.2) is 0 Å². The molecule has 2 aromatic heterocycles. The van der Waals surface area contributed by atoms with Crippen LogP contribution in [0.15, 0.2) is 35.3 Å². The predicted octanol–water partition coefficient (Wildman–Crippen LogP) is 1.81. The van der Waals surface area contributed by atoms with Crippen LogP contribution in [-0.2, 0) is 13.1 Å². The smallest absolute Gasteiger partial charge is 0.122 e. The summed E-state index contributed by atoms with van der Waals surface area (Å²) >= 11 is 3.42. The van der Waals surface area contributed by atoms with Gasteiger partial charge in [0.1, 0.15) is 5.82 Å².